The lowest BCUT2D eigenvalue weighted by Crippen LogP contribution is -2.32. The summed E-state index contributed by atoms with van der Waals surface area (Å²) in [6.07, 6.45) is 7.07. The summed E-state index contributed by atoms with van der Waals surface area (Å²) in [6, 6.07) is 0.900. The van der Waals surface area contributed by atoms with Crippen molar-refractivity contribution < 1.29 is 0 Å². The number of hydrogen-bond acceptors (Lipinski definition) is 2. The first kappa shape index (κ1) is 10.4. The molecule has 2 N–H and O–H groups in total. The summed E-state index contributed by atoms with van der Waals surface area (Å²) in [5, 5.41) is 0. The summed E-state index contributed by atoms with van der Waals surface area (Å²) in [4.78, 5) is 2.70. The van der Waals surface area contributed by atoms with Gasteiger partial charge in [-0.15, -0.1) is 0 Å². The Morgan fingerprint density at radius 2 is 2.07 bits per heavy atom. The standard InChI is InChI=1S/C12H24N2/c1-2-10-3-4-12(7-10)14-6-5-11(8-13)9-14/h10-12H,2-9,13H2,1H3. The van der Waals surface area contributed by atoms with Gasteiger partial charge in [-0.25, -0.2) is 0 Å². The molecule has 14 heavy (non-hydrogen) atoms. The minimum absolute atomic E-state index is 0.788. The van der Waals surface area contributed by atoms with Gasteiger partial charge in [-0.1, -0.05) is 13.3 Å². The Morgan fingerprint density at radius 1 is 1.21 bits per heavy atom. The van der Waals surface area contributed by atoms with Gasteiger partial charge in [0.2, 0.25) is 0 Å². The van der Waals surface area contributed by atoms with Crippen LogP contribution in [0.5, 0.6) is 0 Å². The van der Waals surface area contributed by atoms with Crippen LogP contribution in [0.4, 0.5) is 0 Å². The Balaban J connectivity index is 1.80. The fourth-order valence-electron chi connectivity index (χ4n) is 3.14. The molecule has 0 aromatic carbocycles. The third-order valence-corrected chi connectivity index (χ3v) is 4.26. The number of nitrogens with two attached hydrogens (primary N) is 1. The van der Waals surface area contributed by atoms with Crippen molar-refractivity contribution in [2.24, 2.45) is 17.6 Å². The van der Waals surface area contributed by atoms with E-state index in [-0.39, 0.29) is 0 Å². The summed E-state index contributed by atoms with van der Waals surface area (Å²) in [6.45, 7) is 5.81. The van der Waals surface area contributed by atoms with Gasteiger partial charge in [0.05, 0.1) is 0 Å². The summed E-state index contributed by atoms with van der Waals surface area (Å²) in [7, 11) is 0. The van der Waals surface area contributed by atoms with E-state index in [1.54, 1.807) is 0 Å². The van der Waals surface area contributed by atoms with E-state index in [0.717, 1.165) is 24.4 Å². The number of hydrogen-bond donors (Lipinski definition) is 1. The van der Waals surface area contributed by atoms with E-state index in [4.69, 9.17) is 5.73 Å². The second-order valence-corrected chi connectivity index (χ2v) is 5.13. The first-order valence-corrected chi connectivity index (χ1v) is 6.27. The van der Waals surface area contributed by atoms with Gasteiger partial charge < -0.3 is 10.6 Å². The van der Waals surface area contributed by atoms with Gasteiger partial charge in [-0.3, -0.25) is 0 Å². The monoisotopic (exact) mass is 196 g/mol. The van der Waals surface area contributed by atoms with Gasteiger partial charge in [-0.05, 0) is 50.6 Å². The topological polar surface area (TPSA) is 29.3 Å². The maximum Gasteiger partial charge on any atom is 0.00981 e. The van der Waals surface area contributed by atoms with Crippen molar-refractivity contribution in [2.45, 2.75) is 45.1 Å². The van der Waals surface area contributed by atoms with Crippen LogP contribution in [0.25, 0.3) is 0 Å². The van der Waals surface area contributed by atoms with Crippen molar-refractivity contribution in [3.8, 4) is 0 Å². The zero-order valence-electron chi connectivity index (χ0n) is 9.41. The Kier molecular flexibility index (Phi) is 3.45. The molecule has 3 unspecified atom stereocenters. The van der Waals surface area contributed by atoms with Crippen molar-refractivity contribution in [3.63, 3.8) is 0 Å². The van der Waals surface area contributed by atoms with E-state index < -0.39 is 0 Å². The third-order valence-electron chi connectivity index (χ3n) is 4.26. The van der Waals surface area contributed by atoms with Gasteiger partial charge >= 0.3 is 0 Å². The average molecular weight is 196 g/mol. The van der Waals surface area contributed by atoms with Gasteiger partial charge in [0, 0.05) is 12.6 Å². The quantitative estimate of drug-likeness (QED) is 0.746. The highest BCUT2D eigenvalue weighted by molar-refractivity contribution is 4.87. The lowest BCUT2D eigenvalue weighted by atomic mass is 10.1. The molecular formula is C12H24N2. The van der Waals surface area contributed by atoms with Crippen LogP contribution in [0.15, 0.2) is 0 Å². The highest BCUT2D eigenvalue weighted by Gasteiger charge is 2.32. The van der Waals surface area contributed by atoms with E-state index in [1.807, 2.05) is 0 Å². The Labute approximate surface area is 87.8 Å². The van der Waals surface area contributed by atoms with E-state index in [0.29, 0.717) is 0 Å². The molecule has 0 amide bonds. The van der Waals surface area contributed by atoms with Crippen LogP contribution in [0.3, 0.4) is 0 Å². The SMILES string of the molecule is CCC1CCC(N2CCC(CN)C2)C1. The van der Waals surface area contributed by atoms with Gasteiger partial charge in [0.15, 0.2) is 0 Å². The van der Waals surface area contributed by atoms with Crippen molar-refractivity contribution in [2.75, 3.05) is 19.6 Å². The molecule has 0 bridgehead atoms. The Morgan fingerprint density at radius 3 is 2.64 bits per heavy atom. The maximum atomic E-state index is 5.72. The summed E-state index contributed by atoms with van der Waals surface area (Å²) in [5.41, 5.74) is 5.72. The normalized spacial score (nSPS) is 39.4. The second-order valence-electron chi connectivity index (χ2n) is 5.13. The molecule has 0 aromatic rings. The van der Waals surface area contributed by atoms with Crippen molar-refractivity contribution in [1.82, 2.24) is 4.90 Å². The molecule has 2 fully saturated rings. The Bertz CT molecular complexity index is 161. The van der Waals surface area contributed by atoms with Gasteiger partial charge in [-0.2, -0.15) is 0 Å². The van der Waals surface area contributed by atoms with Crippen molar-refractivity contribution in [3.05, 3.63) is 0 Å². The fourth-order valence-corrected chi connectivity index (χ4v) is 3.14. The molecule has 2 aliphatic rings. The molecule has 0 spiro atoms. The molecule has 1 aliphatic carbocycles. The summed E-state index contributed by atoms with van der Waals surface area (Å²) in [5.74, 6) is 1.80. The molecule has 2 rings (SSSR count). The van der Waals surface area contributed by atoms with Gasteiger partial charge in [0.25, 0.3) is 0 Å². The molecule has 2 nitrogen and oxygen atoms in total. The van der Waals surface area contributed by atoms with Crippen LogP contribution in [0.1, 0.15) is 39.0 Å². The van der Waals surface area contributed by atoms with E-state index in [9.17, 15) is 0 Å². The van der Waals surface area contributed by atoms with Crippen LogP contribution in [0, 0.1) is 11.8 Å². The predicted molar refractivity (Wildman–Crippen MR) is 60.2 cm³/mol. The van der Waals surface area contributed by atoms with Crippen LogP contribution >= 0.6 is 0 Å². The zero-order valence-corrected chi connectivity index (χ0v) is 9.41. The number of rotatable bonds is 3. The molecule has 1 heterocycles. The number of nitrogens with zero attached hydrogens (tertiary/aromatic N) is 1. The molecule has 3 atom stereocenters. The first-order valence-electron chi connectivity index (χ1n) is 6.27. The minimum atomic E-state index is 0.788. The second kappa shape index (κ2) is 4.63. The minimum Gasteiger partial charge on any atom is -0.330 e. The highest BCUT2D eigenvalue weighted by atomic mass is 15.2. The largest absolute Gasteiger partial charge is 0.330 e. The first-order chi connectivity index (χ1) is 6.83. The van der Waals surface area contributed by atoms with Gasteiger partial charge in [0.1, 0.15) is 0 Å². The van der Waals surface area contributed by atoms with E-state index in [2.05, 4.69) is 11.8 Å². The molecule has 82 valence electrons. The molecule has 1 aliphatic heterocycles. The molecule has 1 saturated carbocycles. The predicted octanol–water partition coefficient (Wildman–Crippen LogP) is 1.85. The lowest BCUT2D eigenvalue weighted by Gasteiger charge is -2.23. The zero-order chi connectivity index (χ0) is 9.97. The van der Waals surface area contributed by atoms with E-state index >= 15 is 0 Å². The van der Waals surface area contributed by atoms with Crippen LogP contribution in [0.2, 0.25) is 0 Å². The molecule has 0 aromatic heterocycles. The molecule has 1 saturated heterocycles. The van der Waals surface area contributed by atoms with Crippen LogP contribution in [-0.4, -0.2) is 30.6 Å². The molecule has 0 radical (unpaired) electrons. The highest BCUT2D eigenvalue weighted by Crippen LogP contribution is 2.33. The average Bonchev–Trinajstić information content (AvgIpc) is 2.86. The molecule has 2 heteroatoms. The Hall–Kier alpha value is -0.0800. The van der Waals surface area contributed by atoms with E-state index in [1.165, 1.54) is 45.2 Å². The fraction of sp³-hybridized carbons (Fsp3) is 1.00. The smallest absolute Gasteiger partial charge is 0.00981 e. The van der Waals surface area contributed by atoms with Crippen LogP contribution < -0.4 is 5.73 Å². The summed E-state index contributed by atoms with van der Waals surface area (Å²) < 4.78 is 0. The molecular weight excluding hydrogens is 172 g/mol. The van der Waals surface area contributed by atoms with Crippen molar-refractivity contribution >= 4 is 0 Å². The third kappa shape index (κ3) is 2.12. The van der Waals surface area contributed by atoms with Crippen molar-refractivity contribution in [1.29, 1.82) is 0 Å². The number of likely N-dealkylation sites (tertiary alicyclic amines) is 1. The summed E-state index contributed by atoms with van der Waals surface area (Å²) >= 11 is 0. The van der Waals surface area contributed by atoms with Crippen LogP contribution in [-0.2, 0) is 0 Å². The lowest BCUT2D eigenvalue weighted by molar-refractivity contribution is 0.232. The maximum absolute atomic E-state index is 5.72.